The topological polar surface area (TPSA) is 107 Å². The first-order valence-electron chi connectivity index (χ1n) is 15.1. The molecule has 244 valence electrons. The number of esters is 1. The molecular weight excluding hydrogens is 606 g/mol. The summed E-state index contributed by atoms with van der Waals surface area (Å²) in [5.74, 6) is 0.212. The summed E-state index contributed by atoms with van der Waals surface area (Å²) in [5, 5.41) is 0.766. The third-order valence-electron chi connectivity index (χ3n) is 8.21. The molecule has 1 saturated heterocycles. The molecule has 2 heterocycles. The van der Waals surface area contributed by atoms with Crippen molar-refractivity contribution in [1.29, 1.82) is 0 Å². The predicted octanol–water partition coefficient (Wildman–Crippen LogP) is 6.08. The number of carbonyl (C=O) groups is 2. The van der Waals surface area contributed by atoms with Gasteiger partial charge in [0.2, 0.25) is 0 Å². The zero-order chi connectivity index (χ0) is 33.4. The standard InChI is InChI=1S/C35H41N3O7S/c1-23-8-14-27(15-9-23)46(41,42)38-17-16-28-29(31(43-6)20-24(2)32(28)38)21-36-18-19-37(34(40)45-35(3,4)5)22-30(36)25-10-12-26(13-11-25)33(39)44-7/h8-17,20,30H,18-19,21-22H2,1-7H3. The zero-order valence-corrected chi connectivity index (χ0v) is 28.2. The number of aromatic nitrogens is 1. The van der Waals surface area contributed by atoms with Gasteiger partial charge in [-0.3, -0.25) is 4.90 Å². The Morgan fingerprint density at radius 3 is 2.22 bits per heavy atom. The normalized spacial score (nSPS) is 16.0. The number of hydrogen-bond donors (Lipinski definition) is 0. The van der Waals surface area contributed by atoms with Gasteiger partial charge in [-0.1, -0.05) is 29.8 Å². The number of benzene rings is 3. The lowest BCUT2D eigenvalue weighted by atomic mass is 9.98. The minimum atomic E-state index is -3.86. The molecule has 3 aromatic carbocycles. The molecule has 5 rings (SSSR count). The minimum absolute atomic E-state index is 0.209. The van der Waals surface area contributed by atoms with E-state index in [-0.39, 0.29) is 10.9 Å². The lowest BCUT2D eigenvalue weighted by Crippen LogP contribution is -2.51. The van der Waals surface area contributed by atoms with Crippen molar-refractivity contribution >= 4 is 33.0 Å². The molecule has 1 atom stereocenters. The summed E-state index contributed by atoms with van der Waals surface area (Å²) in [6, 6.07) is 17.4. The first-order chi connectivity index (χ1) is 21.7. The van der Waals surface area contributed by atoms with Crippen LogP contribution in [0.2, 0.25) is 0 Å². The Morgan fingerprint density at radius 1 is 0.935 bits per heavy atom. The lowest BCUT2D eigenvalue weighted by Gasteiger charge is -2.42. The van der Waals surface area contributed by atoms with Crippen molar-refractivity contribution in [3.63, 3.8) is 0 Å². The Kier molecular flexibility index (Phi) is 9.19. The highest BCUT2D eigenvalue weighted by Crippen LogP contribution is 2.37. The molecule has 0 aliphatic carbocycles. The van der Waals surface area contributed by atoms with Crippen LogP contribution in [0.25, 0.3) is 10.9 Å². The van der Waals surface area contributed by atoms with Crippen LogP contribution in [-0.4, -0.2) is 73.7 Å². The van der Waals surface area contributed by atoms with E-state index in [4.69, 9.17) is 14.2 Å². The Morgan fingerprint density at radius 2 is 1.61 bits per heavy atom. The third kappa shape index (κ3) is 6.61. The number of methoxy groups -OCH3 is 2. The van der Waals surface area contributed by atoms with E-state index in [1.807, 2.05) is 58.9 Å². The fourth-order valence-electron chi connectivity index (χ4n) is 5.88. The van der Waals surface area contributed by atoms with Gasteiger partial charge in [-0.05, 0) is 82.1 Å². The summed E-state index contributed by atoms with van der Waals surface area (Å²) < 4.78 is 45.4. The number of piperazine rings is 1. The maximum atomic E-state index is 13.8. The number of ether oxygens (including phenoxy) is 3. The van der Waals surface area contributed by atoms with Crippen molar-refractivity contribution < 1.29 is 32.2 Å². The summed E-state index contributed by atoms with van der Waals surface area (Å²) in [7, 11) is -0.919. The van der Waals surface area contributed by atoms with Gasteiger partial charge in [0.1, 0.15) is 11.4 Å². The molecule has 1 aliphatic rings. The van der Waals surface area contributed by atoms with Crippen LogP contribution in [0, 0.1) is 13.8 Å². The maximum absolute atomic E-state index is 13.8. The molecular formula is C35H41N3O7S. The van der Waals surface area contributed by atoms with E-state index in [0.29, 0.717) is 43.0 Å². The van der Waals surface area contributed by atoms with Gasteiger partial charge in [0.25, 0.3) is 10.0 Å². The summed E-state index contributed by atoms with van der Waals surface area (Å²) in [4.78, 5) is 29.4. The molecule has 1 aromatic heterocycles. The first-order valence-corrected chi connectivity index (χ1v) is 16.6. The van der Waals surface area contributed by atoms with Crippen molar-refractivity contribution in [3.05, 3.63) is 94.7 Å². The molecule has 0 saturated carbocycles. The second-order valence-corrected chi connectivity index (χ2v) is 14.4. The fraction of sp³-hybridized carbons (Fsp3) is 0.371. The van der Waals surface area contributed by atoms with E-state index in [1.165, 1.54) is 11.1 Å². The van der Waals surface area contributed by atoms with Crippen molar-refractivity contribution in [2.45, 2.75) is 57.7 Å². The quantitative estimate of drug-likeness (QED) is 0.222. The van der Waals surface area contributed by atoms with Gasteiger partial charge in [-0.15, -0.1) is 0 Å². The molecule has 1 aliphatic heterocycles. The van der Waals surface area contributed by atoms with Crippen molar-refractivity contribution in [1.82, 2.24) is 13.8 Å². The lowest BCUT2D eigenvalue weighted by molar-refractivity contribution is 0.00199. The van der Waals surface area contributed by atoms with Gasteiger partial charge >= 0.3 is 12.1 Å². The summed E-state index contributed by atoms with van der Waals surface area (Å²) >= 11 is 0. The van der Waals surface area contributed by atoms with Crippen LogP contribution >= 0.6 is 0 Å². The number of fused-ring (bicyclic) bond motifs is 1. The Balaban J connectivity index is 1.56. The van der Waals surface area contributed by atoms with Crippen molar-refractivity contribution in [2.24, 2.45) is 0 Å². The summed E-state index contributed by atoms with van der Waals surface area (Å²) in [6.45, 7) is 11.0. The highest BCUT2D eigenvalue weighted by Gasteiger charge is 2.34. The second-order valence-electron chi connectivity index (χ2n) is 12.6. The average Bonchev–Trinajstić information content (AvgIpc) is 3.48. The van der Waals surface area contributed by atoms with Gasteiger partial charge in [-0.25, -0.2) is 22.0 Å². The zero-order valence-electron chi connectivity index (χ0n) is 27.4. The van der Waals surface area contributed by atoms with Gasteiger partial charge in [0, 0.05) is 43.3 Å². The van der Waals surface area contributed by atoms with Crippen LogP contribution in [0.1, 0.15) is 59.4 Å². The molecule has 46 heavy (non-hydrogen) atoms. The molecule has 0 radical (unpaired) electrons. The molecule has 10 nitrogen and oxygen atoms in total. The Bertz CT molecular complexity index is 1860. The van der Waals surface area contributed by atoms with Crippen LogP contribution < -0.4 is 4.74 Å². The summed E-state index contributed by atoms with van der Waals surface area (Å²) in [6.07, 6.45) is 1.20. The number of aryl methyl sites for hydroxylation is 2. The molecule has 0 N–H and O–H groups in total. The van der Waals surface area contributed by atoms with E-state index in [0.717, 1.165) is 27.6 Å². The maximum Gasteiger partial charge on any atom is 0.410 e. The van der Waals surface area contributed by atoms with E-state index >= 15 is 0 Å². The van der Waals surface area contributed by atoms with Crippen LogP contribution in [0.15, 0.2) is 71.8 Å². The minimum Gasteiger partial charge on any atom is -0.496 e. The number of hydrogen-bond acceptors (Lipinski definition) is 8. The average molecular weight is 648 g/mol. The van der Waals surface area contributed by atoms with E-state index < -0.39 is 27.7 Å². The fourth-order valence-corrected chi connectivity index (χ4v) is 7.29. The smallest absolute Gasteiger partial charge is 0.410 e. The van der Waals surface area contributed by atoms with Crippen molar-refractivity contribution in [2.75, 3.05) is 33.9 Å². The second kappa shape index (κ2) is 12.8. The van der Waals surface area contributed by atoms with Gasteiger partial charge in [0.05, 0.1) is 36.2 Å². The highest BCUT2D eigenvalue weighted by molar-refractivity contribution is 7.90. The molecule has 1 unspecified atom stereocenters. The Labute approximate surface area is 270 Å². The first kappa shape index (κ1) is 33.0. The van der Waals surface area contributed by atoms with E-state index in [9.17, 15) is 18.0 Å². The van der Waals surface area contributed by atoms with E-state index in [2.05, 4.69) is 4.90 Å². The number of nitrogens with zero attached hydrogens (tertiary/aromatic N) is 3. The molecule has 4 aromatic rings. The number of amides is 1. The largest absolute Gasteiger partial charge is 0.496 e. The van der Waals surface area contributed by atoms with E-state index in [1.54, 1.807) is 54.6 Å². The summed E-state index contributed by atoms with van der Waals surface area (Å²) in [5.41, 5.74) is 3.85. The molecule has 1 fully saturated rings. The number of rotatable bonds is 7. The molecule has 11 heteroatoms. The van der Waals surface area contributed by atoms with Crippen LogP contribution in [0.3, 0.4) is 0 Å². The monoisotopic (exact) mass is 647 g/mol. The number of carbonyl (C=O) groups excluding carboxylic acids is 2. The highest BCUT2D eigenvalue weighted by atomic mass is 32.2. The van der Waals surface area contributed by atoms with Crippen LogP contribution in [-0.2, 0) is 26.0 Å². The van der Waals surface area contributed by atoms with Gasteiger partial charge in [0.15, 0.2) is 0 Å². The van der Waals surface area contributed by atoms with Crippen LogP contribution in [0.4, 0.5) is 4.79 Å². The van der Waals surface area contributed by atoms with Gasteiger partial charge < -0.3 is 19.1 Å². The van der Waals surface area contributed by atoms with Crippen LogP contribution in [0.5, 0.6) is 5.75 Å². The van der Waals surface area contributed by atoms with Gasteiger partial charge in [-0.2, -0.15) is 0 Å². The molecule has 0 spiro atoms. The molecule has 1 amide bonds. The third-order valence-corrected chi connectivity index (χ3v) is 9.90. The Hall–Kier alpha value is -4.35. The predicted molar refractivity (Wildman–Crippen MR) is 176 cm³/mol. The van der Waals surface area contributed by atoms with Crippen molar-refractivity contribution in [3.8, 4) is 5.75 Å². The SMILES string of the molecule is COC(=O)c1ccc(C2CN(C(=O)OC(C)(C)C)CCN2Cc2c(OC)cc(C)c3c2ccn3S(=O)(=O)c2ccc(C)cc2)cc1. The molecule has 0 bridgehead atoms.